The minimum Gasteiger partial charge on any atom is -0.508 e. The summed E-state index contributed by atoms with van der Waals surface area (Å²) in [6.45, 7) is 10.9. The van der Waals surface area contributed by atoms with Crippen LogP contribution in [0.15, 0.2) is 60.7 Å². The molecule has 0 saturated carbocycles. The number of benzene rings is 3. The Bertz CT molecular complexity index is 1260. The summed E-state index contributed by atoms with van der Waals surface area (Å²) in [4.78, 5) is 2.53. The topological polar surface area (TPSA) is 65.0 Å². The fraction of sp³-hybridized carbons (Fsp3) is 0.486. The van der Waals surface area contributed by atoms with Gasteiger partial charge in [0.05, 0.1) is 0 Å². The van der Waals surface area contributed by atoms with E-state index in [0.717, 1.165) is 43.9 Å². The first kappa shape index (κ1) is 28.4. The summed E-state index contributed by atoms with van der Waals surface area (Å²) >= 11 is 0. The van der Waals surface area contributed by atoms with Crippen LogP contribution in [0.25, 0.3) is 0 Å². The maximum absolute atomic E-state index is 10.4. The molecule has 1 saturated heterocycles. The molecule has 0 amide bonds. The molecule has 0 radical (unpaired) electrons. The van der Waals surface area contributed by atoms with Gasteiger partial charge in [-0.3, -0.25) is 4.90 Å². The number of phenolic OH excluding ortho intramolecular Hbond substituents is 2. The van der Waals surface area contributed by atoms with Crippen LogP contribution >= 0.6 is 0 Å². The second kappa shape index (κ2) is 12.6. The number of hydrogen-bond acceptors (Lipinski definition) is 5. The lowest BCUT2D eigenvalue weighted by Crippen LogP contribution is -2.32. The Balaban J connectivity index is 1.21. The van der Waals surface area contributed by atoms with E-state index in [1.807, 2.05) is 12.1 Å². The van der Waals surface area contributed by atoms with Crippen molar-refractivity contribution in [2.75, 3.05) is 31.6 Å². The van der Waals surface area contributed by atoms with E-state index in [1.54, 1.807) is 12.1 Å². The van der Waals surface area contributed by atoms with Crippen LogP contribution in [-0.4, -0.2) is 47.4 Å². The predicted molar refractivity (Wildman–Crippen MR) is 164 cm³/mol. The molecule has 0 bridgehead atoms. The third kappa shape index (κ3) is 7.11. The highest BCUT2D eigenvalue weighted by atomic mass is 16.5. The van der Waals surface area contributed by atoms with Crippen molar-refractivity contribution in [2.24, 2.45) is 5.41 Å². The van der Waals surface area contributed by atoms with Crippen LogP contribution in [-0.2, 0) is 19.3 Å². The van der Waals surface area contributed by atoms with Crippen molar-refractivity contribution in [3.8, 4) is 17.2 Å². The van der Waals surface area contributed by atoms with E-state index < -0.39 is 0 Å². The number of hydrogen-bond donors (Lipinski definition) is 3. The standard InChI is InChI=1S/C35H46N2O3/c1-25(20-26-8-13-31(14-9-26)40-19-18-37-16-6-4-5-7-17-37)36-34-23-30(39)12-15-32(34)33-22-27-10-11-29(38)21-28(27)24-35(33,2)3/h8-15,21,23,25,33,36,38-39H,4-7,16-20,22,24H2,1-3H3. The Morgan fingerprint density at radius 3 is 2.35 bits per heavy atom. The molecule has 1 aliphatic carbocycles. The first-order chi connectivity index (χ1) is 19.3. The molecule has 1 heterocycles. The van der Waals surface area contributed by atoms with Crippen LogP contribution in [0, 0.1) is 5.41 Å². The van der Waals surface area contributed by atoms with Gasteiger partial charge >= 0.3 is 0 Å². The number of nitrogens with zero attached hydrogens (tertiary/aromatic N) is 1. The predicted octanol–water partition coefficient (Wildman–Crippen LogP) is 7.30. The Morgan fingerprint density at radius 1 is 0.900 bits per heavy atom. The van der Waals surface area contributed by atoms with E-state index in [0.29, 0.717) is 11.7 Å². The number of phenols is 2. The number of aromatic hydroxyl groups is 2. The summed E-state index contributed by atoms with van der Waals surface area (Å²) in [7, 11) is 0. The maximum atomic E-state index is 10.4. The van der Waals surface area contributed by atoms with Gasteiger partial charge in [0.1, 0.15) is 23.9 Å². The van der Waals surface area contributed by atoms with Crippen LogP contribution in [0.5, 0.6) is 17.2 Å². The highest BCUT2D eigenvalue weighted by Crippen LogP contribution is 2.48. The zero-order valence-electron chi connectivity index (χ0n) is 24.5. The van der Waals surface area contributed by atoms with Crippen molar-refractivity contribution in [3.63, 3.8) is 0 Å². The second-order valence-electron chi connectivity index (χ2n) is 12.6. The molecule has 5 rings (SSSR count). The average molecular weight is 543 g/mol. The fourth-order valence-electron chi connectivity index (χ4n) is 6.63. The molecule has 0 spiro atoms. The number of nitrogens with one attached hydrogen (secondary N) is 1. The Kier molecular flexibility index (Phi) is 8.90. The van der Waals surface area contributed by atoms with Crippen LogP contribution in [0.1, 0.15) is 74.6 Å². The number of anilines is 1. The summed E-state index contributed by atoms with van der Waals surface area (Å²) in [5.41, 5.74) is 6.04. The van der Waals surface area contributed by atoms with Gasteiger partial charge in [0.15, 0.2) is 0 Å². The Hall–Kier alpha value is -3.18. The SMILES string of the molecule is CC(Cc1ccc(OCCN2CCCCCC2)cc1)Nc1cc(O)ccc1C1Cc2ccc(O)cc2CC1(C)C. The van der Waals surface area contributed by atoms with Gasteiger partial charge in [0.2, 0.25) is 0 Å². The molecule has 5 heteroatoms. The van der Waals surface area contributed by atoms with E-state index in [4.69, 9.17) is 4.74 Å². The average Bonchev–Trinajstić information content (AvgIpc) is 3.18. The number of rotatable bonds is 9. The third-order valence-electron chi connectivity index (χ3n) is 8.86. The molecule has 2 aliphatic rings. The normalized spacial score (nSPS) is 19.8. The van der Waals surface area contributed by atoms with Crippen molar-refractivity contribution < 1.29 is 14.9 Å². The van der Waals surface area contributed by atoms with E-state index in [9.17, 15) is 10.2 Å². The summed E-state index contributed by atoms with van der Waals surface area (Å²) < 4.78 is 6.05. The van der Waals surface area contributed by atoms with Crippen molar-refractivity contribution in [3.05, 3.63) is 82.9 Å². The van der Waals surface area contributed by atoms with E-state index in [1.165, 1.54) is 61.0 Å². The molecule has 3 aromatic carbocycles. The molecule has 3 N–H and O–H groups in total. The maximum Gasteiger partial charge on any atom is 0.119 e. The van der Waals surface area contributed by atoms with Crippen LogP contribution in [0.2, 0.25) is 0 Å². The molecule has 2 atom stereocenters. The highest BCUT2D eigenvalue weighted by molar-refractivity contribution is 5.58. The Labute approximate surface area is 240 Å². The molecular weight excluding hydrogens is 496 g/mol. The van der Waals surface area contributed by atoms with E-state index >= 15 is 0 Å². The van der Waals surface area contributed by atoms with Crippen molar-refractivity contribution in [1.29, 1.82) is 0 Å². The minimum atomic E-state index is 0.0144. The number of ether oxygens (including phenoxy) is 1. The lowest BCUT2D eigenvalue weighted by molar-refractivity contribution is 0.214. The number of fused-ring (bicyclic) bond motifs is 1. The van der Waals surface area contributed by atoms with Crippen LogP contribution in [0.4, 0.5) is 5.69 Å². The van der Waals surface area contributed by atoms with Gasteiger partial charge in [-0.05, 0) is 116 Å². The molecule has 0 aromatic heterocycles. The Morgan fingerprint density at radius 2 is 1.60 bits per heavy atom. The lowest BCUT2D eigenvalue weighted by Gasteiger charge is -2.41. The van der Waals surface area contributed by atoms with Gasteiger partial charge < -0.3 is 20.3 Å². The zero-order valence-corrected chi connectivity index (χ0v) is 24.5. The summed E-state index contributed by atoms with van der Waals surface area (Å²) in [5, 5.41) is 24.1. The van der Waals surface area contributed by atoms with Gasteiger partial charge in [0, 0.05) is 24.3 Å². The molecule has 1 aliphatic heterocycles. The van der Waals surface area contributed by atoms with Gasteiger partial charge in [-0.2, -0.15) is 0 Å². The number of likely N-dealkylation sites (tertiary alicyclic amines) is 1. The minimum absolute atomic E-state index is 0.0144. The molecule has 40 heavy (non-hydrogen) atoms. The van der Waals surface area contributed by atoms with E-state index in [2.05, 4.69) is 67.4 Å². The van der Waals surface area contributed by atoms with Gasteiger partial charge in [-0.25, -0.2) is 0 Å². The highest BCUT2D eigenvalue weighted by Gasteiger charge is 2.37. The monoisotopic (exact) mass is 542 g/mol. The molecule has 3 aromatic rings. The van der Waals surface area contributed by atoms with Crippen molar-refractivity contribution in [2.45, 2.75) is 77.7 Å². The largest absolute Gasteiger partial charge is 0.508 e. The summed E-state index contributed by atoms with van der Waals surface area (Å²) in [6.07, 6.45) is 8.03. The van der Waals surface area contributed by atoms with Crippen LogP contribution in [0.3, 0.4) is 0 Å². The molecule has 1 fully saturated rings. The molecule has 2 unspecified atom stereocenters. The zero-order chi connectivity index (χ0) is 28.1. The quantitative estimate of drug-likeness (QED) is 0.265. The lowest BCUT2D eigenvalue weighted by atomic mass is 9.64. The summed E-state index contributed by atoms with van der Waals surface area (Å²) in [5.74, 6) is 1.84. The summed E-state index contributed by atoms with van der Waals surface area (Å²) in [6, 6.07) is 20.2. The van der Waals surface area contributed by atoms with E-state index in [-0.39, 0.29) is 17.2 Å². The molecular formula is C35H46N2O3. The van der Waals surface area contributed by atoms with Gasteiger partial charge in [0.25, 0.3) is 0 Å². The van der Waals surface area contributed by atoms with Gasteiger partial charge in [-0.1, -0.05) is 51.0 Å². The first-order valence-corrected chi connectivity index (χ1v) is 15.1. The molecule has 5 nitrogen and oxygen atoms in total. The molecule has 214 valence electrons. The smallest absolute Gasteiger partial charge is 0.119 e. The van der Waals surface area contributed by atoms with Gasteiger partial charge in [-0.15, -0.1) is 0 Å². The third-order valence-corrected chi connectivity index (χ3v) is 8.86. The van der Waals surface area contributed by atoms with Crippen molar-refractivity contribution >= 4 is 5.69 Å². The second-order valence-corrected chi connectivity index (χ2v) is 12.6. The first-order valence-electron chi connectivity index (χ1n) is 15.1. The van der Waals surface area contributed by atoms with Crippen molar-refractivity contribution in [1.82, 2.24) is 4.90 Å². The van der Waals surface area contributed by atoms with Crippen LogP contribution < -0.4 is 10.1 Å². The fourth-order valence-corrected chi connectivity index (χ4v) is 6.63.